The summed E-state index contributed by atoms with van der Waals surface area (Å²) in [6.07, 6.45) is 6.43. The van der Waals surface area contributed by atoms with Crippen molar-refractivity contribution in [3.05, 3.63) is 59.9 Å². The Morgan fingerprint density at radius 1 is 1.10 bits per heavy atom. The molecule has 1 fully saturated rings. The molecular weight excluding hydrogens is 260 g/mol. The van der Waals surface area contributed by atoms with Crippen molar-refractivity contribution in [1.82, 2.24) is 9.88 Å². The summed E-state index contributed by atoms with van der Waals surface area (Å²) < 4.78 is 0. The van der Waals surface area contributed by atoms with Crippen LogP contribution in [0.5, 0.6) is 0 Å². The van der Waals surface area contributed by atoms with Gasteiger partial charge in [-0.05, 0) is 49.3 Å². The first-order valence-electron chi connectivity index (χ1n) is 7.79. The Morgan fingerprint density at radius 2 is 1.86 bits per heavy atom. The molecule has 2 aromatic rings. The van der Waals surface area contributed by atoms with Gasteiger partial charge in [-0.2, -0.15) is 0 Å². The van der Waals surface area contributed by atoms with Crippen LogP contribution < -0.4 is 0 Å². The van der Waals surface area contributed by atoms with Crippen LogP contribution in [0.15, 0.2) is 48.7 Å². The van der Waals surface area contributed by atoms with E-state index >= 15 is 0 Å². The van der Waals surface area contributed by atoms with E-state index in [9.17, 15) is 4.79 Å². The van der Waals surface area contributed by atoms with Gasteiger partial charge in [-0.1, -0.05) is 30.3 Å². The fraction of sp³-hybridized carbons (Fsp3) is 0.389. The number of amides is 1. The fourth-order valence-corrected chi connectivity index (χ4v) is 3.07. The number of benzene rings is 1. The van der Waals surface area contributed by atoms with Crippen LogP contribution in [0.3, 0.4) is 0 Å². The SMILES string of the molecule is O=C(c1ccc[nH]1)N1CCC(CCc2ccccc2)CC1. The van der Waals surface area contributed by atoms with Gasteiger partial charge in [0.15, 0.2) is 0 Å². The third kappa shape index (κ3) is 3.54. The van der Waals surface area contributed by atoms with E-state index in [0.717, 1.165) is 38.3 Å². The van der Waals surface area contributed by atoms with Crippen molar-refractivity contribution in [2.75, 3.05) is 13.1 Å². The lowest BCUT2D eigenvalue weighted by Crippen LogP contribution is -2.38. The molecule has 1 aliphatic rings. The zero-order valence-electron chi connectivity index (χ0n) is 12.3. The van der Waals surface area contributed by atoms with E-state index in [2.05, 4.69) is 35.3 Å². The molecule has 0 saturated carbocycles. The largest absolute Gasteiger partial charge is 0.357 e. The Morgan fingerprint density at radius 3 is 2.52 bits per heavy atom. The Bertz CT molecular complexity index is 554. The summed E-state index contributed by atoms with van der Waals surface area (Å²) in [4.78, 5) is 17.2. The standard InChI is InChI=1S/C18H22N2O/c21-18(17-7-4-12-19-17)20-13-10-16(11-14-20)9-8-15-5-2-1-3-6-15/h1-7,12,16,19H,8-11,13-14H2. The highest BCUT2D eigenvalue weighted by molar-refractivity contribution is 5.92. The molecule has 0 bridgehead atoms. The lowest BCUT2D eigenvalue weighted by atomic mass is 9.90. The molecule has 0 atom stereocenters. The monoisotopic (exact) mass is 282 g/mol. The van der Waals surface area contributed by atoms with Gasteiger partial charge in [0.1, 0.15) is 5.69 Å². The van der Waals surface area contributed by atoms with Crippen molar-refractivity contribution < 1.29 is 4.79 Å². The average molecular weight is 282 g/mol. The smallest absolute Gasteiger partial charge is 0.270 e. The van der Waals surface area contributed by atoms with Gasteiger partial charge >= 0.3 is 0 Å². The maximum absolute atomic E-state index is 12.2. The van der Waals surface area contributed by atoms with Crippen LogP contribution >= 0.6 is 0 Å². The molecule has 2 heterocycles. The zero-order chi connectivity index (χ0) is 14.5. The molecule has 21 heavy (non-hydrogen) atoms. The van der Waals surface area contributed by atoms with Crippen molar-refractivity contribution >= 4 is 5.91 Å². The third-order valence-corrected chi connectivity index (χ3v) is 4.41. The molecule has 110 valence electrons. The summed E-state index contributed by atoms with van der Waals surface area (Å²) >= 11 is 0. The van der Waals surface area contributed by atoms with Crippen molar-refractivity contribution in [3.63, 3.8) is 0 Å². The first-order valence-corrected chi connectivity index (χ1v) is 7.79. The summed E-state index contributed by atoms with van der Waals surface area (Å²) in [7, 11) is 0. The van der Waals surface area contributed by atoms with Gasteiger partial charge in [-0.25, -0.2) is 0 Å². The number of H-pyrrole nitrogens is 1. The van der Waals surface area contributed by atoms with Crippen LogP contribution in [0.4, 0.5) is 0 Å². The van der Waals surface area contributed by atoms with E-state index in [4.69, 9.17) is 0 Å². The highest BCUT2D eigenvalue weighted by Gasteiger charge is 2.23. The van der Waals surface area contributed by atoms with Crippen LogP contribution in [0, 0.1) is 5.92 Å². The molecule has 0 spiro atoms. The quantitative estimate of drug-likeness (QED) is 0.915. The van der Waals surface area contributed by atoms with Crippen LogP contribution in [0.25, 0.3) is 0 Å². The normalized spacial score (nSPS) is 16.1. The summed E-state index contributed by atoms with van der Waals surface area (Å²) in [6, 6.07) is 14.4. The van der Waals surface area contributed by atoms with E-state index in [1.54, 1.807) is 6.20 Å². The molecule has 1 aromatic carbocycles. The summed E-state index contributed by atoms with van der Waals surface area (Å²) in [5, 5.41) is 0. The number of aryl methyl sites for hydroxylation is 1. The first-order chi connectivity index (χ1) is 10.3. The molecule has 1 saturated heterocycles. The minimum Gasteiger partial charge on any atom is -0.357 e. The second kappa shape index (κ2) is 6.61. The van der Waals surface area contributed by atoms with Gasteiger partial charge in [-0.3, -0.25) is 4.79 Å². The van der Waals surface area contributed by atoms with Crippen LogP contribution in [0.1, 0.15) is 35.3 Å². The average Bonchev–Trinajstić information content (AvgIpc) is 3.08. The van der Waals surface area contributed by atoms with E-state index in [1.165, 1.54) is 12.0 Å². The van der Waals surface area contributed by atoms with Crippen LogP contribution in [-0.4, -0.2) is 28.9 Å². The minimum atomic E-state index is 0.140. The fourth-order valence-electron chi connectivity index (χ4n) is 3.07. The van der Waals surface area contributed by atoms with E-state index in [-0.39, 0.29) is 5.91 Å². The number of nitrogens with one attached hydrogen (secondary N) is 1. The number of aromatic nitrogens is 1. The molecule has 3 heteroatoms. The number of carbonyl (C=O) groups is 1. The molecular formula is C18H22N2O. The second-order valence-electron chi connectivity index (χ2n) is 5.84. The maximum Gasteiger partial charge on any atom is 0.270 e. The van der Waals surface area contributed by atoms with Gasteiger partial charge < -0.3 is 9.88 Å². The molecule has 0 aliphatic carbocycles. The zero-order valence-corrected chi connectivity index (χ0v) is 12.3. The molecule has 0 radical (unpaired) electrons. The van der Waals surface area contributed by atoms with Crippen molar-refractivity contribution in [1.29, 1.82) is 0 Å². The van der Waals surface area contributed by atoms with Gasteiger partial charge in [0.2, 0.25) is 0 Å². The number of rotatable bonds is 4. The predicted molar refractivity (Wildman–Crippen MR) is 84.2 cm³/mol. The number of carbonyl (C=O) groups excluding carboxylic acids is 1. The number of nitrogens with zero attached hydrogens (tertiary/aromatic N) is 1. The topological polar surface area (TPSA) is 36.1 Å². The molecule has 3 rings (SSSR count). The highest BCUT2D eigenvalue weighted by atomic mass is 16.2. The molecule has 1 aliphatic heterocycles. The van der Waals surface area contributed by atoms with Gasteiger partial charge in [0.25, 0.3) is 5.91 Å². The molecule has 0 unspecified atom stereocenters. The highest BCUT2D eigenvalue weighted by Crippen LogP contribution is 2.23. The predicted octanol–water partition coefficient (Wildman–Crippen LogP) is 3.50. The number of likely N-dealkylation sites (tertiary alicyclic amines) is 1. The number of piperidine rings is 1. The Hall–Kier alpha value is -2.03. The van der Waals surface area contributed by atoms with E-state index < -0.39 is 0 Å². The van der Waals surface area contributed by atoms with Gasteiger partial charge in [-0.15, -0.1) is 0 Å². The first kappa shape index (κ1) is 13.9. The second-order valence-corrected chi connectivity index (χ2v) is 5.84. The summed E-state index contributed by atoms with van der Waals surface area (Å²) in [5.41, 5.74) is 2.13. The van der Waals surface area contributed by atoms with Crippen molar-refractivity contribution in [2.45, 2.75) is 25.7 Å². The number of aromatic amines is 1. The molecule has 1 amide bonds. The van der Waals surface area contributed by atoms with Crippen molar-refractivity contribution in [3.8, 4) is 0 Å². The van der Waals surface area contributed by atoms with Gasteiger partial charge in [0, 0.05) is 19.3 Å². The Kier molecular flexibility index (Phi) is 4.39. The third-order valence-electron chi connectivity index (χ3n) is 4.41. The lowest BCUT2D eigenvalue weighted by molar-refractivity contribution is 0.0681. The minimum absolute atomic E-state index is 0.140. The van der Waals surface area contributed by atoms with Crippen molar-refractivity contribution in [2.24, 2.45) is 5.92 Å². The maximum atomic E-state index is 12.2. The Balaban J connectivity index is 1.46. The van der Waals surface area contributed by atoms with Gasteiger partial charge in [0.05, 0.1) is 0 Å². The lowest BCUT2D eigenvalue weighted by Gasteiger charge is -2.31. The van der Waals surface area contributed by atoms with Crippen LogP contribution in [-0.2, 0) is 6.42 Å². The molecule has 1 N–H and O–H groups in total. The van der Waals surface area contributed by atoms with Crippen LogP contribution in [0.2, 0.25) is 0 Å². The molecule has 3 nitrogen and oxygen atoms in total. The van der Waals surface area contributed by atoms with E-state index in [1.807, 2.05) is 17.0 Å². The summed E-state index contributed by atoms with van der Waals surface area (Å²) in [5.74, 6) is 0.888. The summed E-state index contributed by atoms with van der Waals surface area (Å²) in [6.45, 7) is 1.77. The number of hydrogen-bond acceptors (Lipinski definition) is 1. The number of hydrogen-bond donors (Lipinski definition) is 1. The van der Waals surface area contributed by atoms with E-state index in [0.29, 0.717) is 5.69 Å². The molecule has 1 aromatic heterocycles. The Labute approximate surface area is 126 Å².